The summed E-state index contributed by atoms with van der Waals surface area (Å²) in [7, 11) is 0. The van der Waals surface area contributed by atoms with Gasteiger partial charge in [0.15, 0.2) is 5.82 Å². The Balaban J connectivity index is 1.99. The van der Waals surface area contributed by atoms with Gasteiger partial charge in [0.05, 0.1) is 0 Å². The van der Waals surface area contributed by atoms with Crippen LogP contribution in [0.2, 0.25) is 5.02 Å². The molecule has 0 radical (unpaired) electrons. The molecule has 4 nitrogen and oxygen atoms in total. The van der Waals surface area contributed by atoms with Crippen LogP contribution >= 0.6 is 22.9 Å². The summed E-state index contributed by atoms with van der Waals surface area (Å²) in [6, 6.07) is 4.67. The maximum Gasteiger partial charge on any atom is 0.234 e. The van der Waals surface area contributed by atoms with Gasteiger partial charge in [0.2, 0.25) is 4.96 Å². The zero-order valence-corrected chi connectivity index (χ0v) is 11.7. The van der Waals surface area contributed by atoms with E-state index < -0.39 is 0 Å². The fraction of sp³-hybridized carbons (Fsp3) is 0.250. The van der Waals surface area contributed by atoms with Gasteiger partial charge >= 0.3 is 0 Å². The highest BCUT2D eigenvalue weighted by Crippen LogP contribution is 2.24. The average Bonchev–Trinajstić information content (AvgIpc) is 2.93. The molecular weight excluding hydrogens is 287 g/mol. The first-order valence-corrected chi connectivity index (χ1v) is 7.01. The van der Waals surface area contributed by atoms with Gasteiger partial charge in [-0.25, -0.2) is 4.39 Å². The minimum absolute atomic E-state index is 0.311. The summed E-state index contributed by atoms with van der Waals surface area (Å²) < 4.78 is 15.4. The van der Waals surface area contributed by atoms with Crippen LogP contribution in [0.1, 0.15) is 23.3 Å². The normalized spacial score (nSPS) is 11.3. The SMILES string of the molecule is CCc1nnc2sc(Cc3c(F)cccc3Cl)nn12. The van der Waals surface area contributed by atoms with Gasteiger partial charge in [0.25, 0.3) is 0 Å². The molecule has 0 aliphatic rings. The summed E-state index contributed by atoms with van der Waals surface area (Å²) in [6.45, 7) is 1.99. The number of rotatable bonds is 3. The number of halogens is 2. The molecular formula is C12H10ClFN4S. The molecule has 2 aromatic heterocycles. The van der Waals surface area contributed by atoms with Crippen LogP contribution in [0.3, 0.4) is 0 Å². The molecule has 0 fully saturated rings. The minimum Gasteiger partial charge on any atom is -0.207 e. The first-order chi connectivity index (χ1) is 9.19. The van der Waals surface area contributed by atoms with Crippen LogP contribution in [0, 0.1) is 5.82 Å². The van der Waals surface area contributed by atoms with E-state index in [1.54, 1.807) is 16.6 Å². The van der Waals surface area contributed by atoms with Crippen molar-refractivity contribution in [2.45, 2.75) is 19.8 Å². The Bertz CT molecular complexity index is 716. The predicted octanol–water partition coefficient (Wildman–Crippen LogP) is 3.13. The van der Waals surface area contributed by atoms with E-state index in [1.807, 2.05) is 6.92 Å². The molecule has 0 unspecified atom stereocenters. The molecule has 0 N–H and O–H groups in total. The Morgan fingerprint density at radius 2 is 2.21 bits per heavy atom. The van der Waals surface area contributed by atoms with Crippen LogP contribution in [-0.2, 0) is 12.8 Å². The second-order valence-corrected chi connectivity index (χ2v) is 5.48. The van der Waals surface area contributed by atoms with Gasteiger partial charge in [0, 0.05) is 23.4 Å². The molecule has 0 atom stereocenters. The van der Waals surface area contributed by atoms with Crippen molar-refractivity contribution >= 4 is 27.9 Å². The van der Waals surface area contributed by atoms with Gasteiger partial charge in [-0.15, -0.1) is 10.2 Å². The van der Waals surface area contributed by atoms with Crippen molar-refractivity contribution in [2.24, 2.45) is 0 Å². The summed E-state index contributed by atoms with van der Waals surface area (Å²) in [6.07, 6.45) is 1.12. The second kappa shape index (κ2) is 4.86. The molecule has 0 amide bonds. The third-order valence-corrected chi connectivity index (χ3v) is 4.06. The van der Waals surface area contributed by atoms with E-state index in [9.17, 15) is 4.39 Å². The monoisotopic (exact) mass is 296 g/mol. The number of hydrogen-bond donors (Lipinski definition) is 0. The van der Waals surface area contributed by atoms with Crippen molar-refractivity contribution in [3.63, 3.8) is 0 Å². The van der Waals surface area contributed by atoms with Gasteiger partial charge in [-0.1, -0.05) is 35.9 Å². The third kappa shape index (κ3) is 2.21. The number of benzene rings is 1. The molecule has 0 saturated heterocycles. The summed E-state index contributed by atoms with van der Waals surface area (Å²) in [5, 5.41) is 13.7. The van der Waals surface area contributed by atoms with Crippen LogP contribution in [0.15, 0.2) is 18.2 Å². The number of aromatic nitrogens is 4. The van der Waals surface area contributed by atoms with Crippen molar-refractivity contribution in [1.29, 1.82) is 0 Å². The molecule has 2 heterocycles. The first kappa shape index (κ1) is 12.5. The number of nitrogens with zero attached hydrogens (tertiary/aromatic N) is 4. The van der Waals surface area contributed by atoms with E-state index in [0.29, 0.717) is 17.0 Å². The highest BCUT2D eigenvalue weighted by Gasteiger charge is 2.14. The molecule has 0 aliphatic heterocycles. The molecule has 0 saturated carbocycles. The van der Waals surface area contributed by atoms with Crippen LogP contribution in [0.25, 0.3) is 4.96 Å². The van der Waals surface area contributed by atoms with E-state index in [0.717, 1.165) is 22.2 Å². The number of fused-ring (bicyclic) bond motifs is 1. The van der Waals surface area contributed by atoms with Crippen LogP contribution in [0.5, 0.6) is 0 Å². The highest BCUT2D eigenvalue weighted by molar-refractivity contribution is 7.16. The Morgan fingerprint density at radius 1 is 1.37 bits per heavy atom. The van der Waals surface area contributed by atoms with Crippen molar-refractivity contribution in [3.05, 3.63) is 45.4 Å². The Hall–Kier alpha value is -1.53. The zero-order chi connectivity index (χ0) is 13.4. The summed E-state index contributed by atoms with van der Waals surface area (Å²) in [5.74, 6) is 0.492. The standard InChI is InChI=1S/C12H10ClFN4S/c1-2-10-15-16-12-18(10)17-11(19-12)6-7-8(13)4-3-5-9(7)14/h3-5H,2,6H2,1H3. The molecule has 0 aliphatic carbocycles. The molecule has 1 aromatic carbocycles. The fourth-order valence-corrected chi connectivity index (χ4v) is 2.94. The van der Waals surface area contributed by atoms with Crippen molar-refractivity contribution in [1.82, 2.24) is 19.8 Å². The Morgan fingerprint density at radius 3 is 2.95 bits per heavy atom. The second-order valence-electron chi connectivity index (χ2n) is 4.04. The summed E-state index contributed by atoms with van der Waals surface area (Å²) >= 11 is 7.41. The van der Waals surface area contributed by atoms with Crippen molar-refractivity contribution in [2.75, 3.05) is 0 Å². The fourth-order valence-electron chi connectivity index (χ4n) is 1.84. The quantitative estimate of drug-likeness (QED) is 0.746. The third-order valence-electron chi connectivity index (χ3n) is 2.80. The summed E-state index contributed by atoms with van der Waals surface area (Å²) in [5.41, 5.74) is 0.465. The number of aryl methyl sites for hydroxylation is 1. The lowest BCUT2D eigenvalue weighted by Crippen LogP contribution is -1.97. The predicted molar refractivity (Wildman–Crippen MR) is 72.3 cm³/mol. The van der Waals surface area contributed by atoms with E-state index in [-0.39, 0.29) is 5.82 Å². The highest BCUT2D eigenvalue weighted by atomic mass is 35.5. The lowest BCUT2D eigenvalue weighted by Gasteiger charge is -2.02. The lowest BCUT2D eigenvalue weighted by molar-refractivity contribution is 0.613. The van der Waals surface area contributed by atoms with E-state index in [4.69, 9.17) is 11.6 Å². The summed E-state index contributed by atoms with van der Waals surface area (Å²) in [4.78, 5) is 0.722. The maximum absolute atomic E-state index is 13.7. The van der Waals surface area contributed by atoms with Gasteiger partial charge in [-0.2, -0.15) is 9.61 Å². The lowest BCUT2D eigenvalue weighted by atomic mass is 10.1. The van der Waals surface area contributed by atoms with Gasteiger partial charge < -0.3 is 0 Å². The molecule has 7 heteroatoms. The van der Waals surface area contributed by atoms with E-state index in [2.05, 4.69) is 15.3 Å². The molecule has 3 aromatic rings. The number of hydrogen-bond acceptors (Lipinski definition) is 4. The van der Waals surface area contributed by atoms with Gasteiger partial charge in [-0.3, -0.25) is 0 Å². The van der Waals surface area contributed by atoms with Crippen molar-refractivity contribution in [3.8, 4) is 0 Å². The van der Waals surface area contributed by atoms with Crippen LogP contribution in [-0.4, -0.2) is 19.8 Å². The molecule has 0 spiro atoms. The van der Waals surface area contributed by atoms with Crippen LogP contribution in [0.4, 0.5) is 4.39 Å². The van der Waals surface area contributed by atoms with E-state index >= 15 is 0 Å². The van der Waals surface area contributed by atoms with Gasteiger partial charge in [-0.05, 0) is 12.1 Å². The molecule has 19 heavy (non-hydrogen) atoms. The Labute approximate surface area is 117 Å². The van der Waals surface area contributed by atoms with E-state index in [1.165, 1.54) is 17.4 Å². The maximum atomic E-state index is 13.7. The molecule has 98 valence electrons. The average molecular weight is 297 g/mol. The minimum atomic E-state index is -0.311. The van der Waals surface area contributed by atoms with Crippen molar-refractivity contribution < 1.29 is 4.39 Å². The van der Waals surface area contributed by atoms with Gasteiger partial charge in [0.1, 0.15) is 10.8 Å². The topological polar surface area (TPSA) is 43.1 Å². The molecule has 3 rings (SSSR count). The first-order valence-electron chi connectivity index (χ1n) is 5.82. The zero-order valence-electron chi connectivity index (χ0n) is 10.1. The van der Waals surface area contributed by atoms with Crippen LogP contribution < -0.4 is 0 Å². The smallest absolute Gasteiger partial charge is 0.207 e. The Kier molecular flexibility index (Phi) is 3.20. The largest absolute Gasteiger partial charge is 0.234 e. The molecule has 0 bridgehead atoms.